The minimum absolute atomic E-state index is 0.507. The monoisotopic (exact) mass is 202 g/mol. The maximum atomic E-state index is 13.4. The second-order valence-electron chi connectivity index (χ2n) is 5.00. The molecule has 1 aliphatic rings. The average Bonchev–Trinajstić information content (AvgIpc) is 1.91. The molecule has 1 atom stereocenters. The van der Waals surface area contributed by atoms with Crippen molar-refractivity contribution in [2.75, 3.05) is 0 Å². The van der Waals surface area contributed by atoms with Crippen LogP contribution in [0.5, 0.6) is 0 Å². The van der Waals surface area contributed by atoms with E-state index in [0.29, 0.717) is 12.8 Å². The van der Waals surface area contributed by atoms with E-state index >= 15 is 0 Å². The molecule has 0 aromatic carbocycles. The van der Waals surface area contributed by atoms with Gasteiger partial charge in [-0.2, -0.15) is 0 Å². The fourth-order valence-electron chi connectivity index (χ4n) is 1.40. The van der Waals surface area contributed by atoms with Crippen molar-refractivity contribution in [2.45, 2.75) is 51.5 Å². The van der Waals surface area contributed by atoms with Crippen molar-refractivity contribution in [1.29, 1.82) is 0 Å². The molecule has 1 nitrogen and oxygen atoms in total. The normalized spacial score (nSPS) is 29.8. The molecular weight excluding hydrogens is 183 g/mol. The summed E-state index contributed by atoms with van der Waals surface area (Å²) in [5, 5.41) is 0. The van der Waals surface area contributed by atoms with E-state index in [1.165, 1.54) is 0 Å². The zero-order valence-corrected chi connectivity index (χ0v) is 9.98. The first-order chi connectivity index (χ1) is 5.79. The highest BCUT2D eigenvalue weighted by atomic mass is 28.4. The minimum atomic E-state index is -1.48. The lowest BCUT2D eigenvalue weighted by molar-refractivity contribution is 0.159. The number of halogens is 1. The third-order valence-corrected chi connectivity index (χ3v) is 2.96. The summed E-state index contributed by atoms with van der Waals surface area (Å²) in [5.74, 6) is 1.01. The van der Waals surface area contributed by atoms with E-state index in [0.717, 1.165) is 12.2 Å². The molecule has 76 valence electrons. The maximum Gasteiger partial charge on any atom is 0.241 e. The van der Waals surface area contributed by atoms with Crippen LogP contribution in [0.25, 0.3) is 0 Å². The van der Waals surface area contributed by atoms with Crippen molar-refractivity contribution in [1.82, 2.24) is 0 Å². The van der Waals surface area contributed by atoms with Crippen molar-refractivity contribution < 1.29 is 8.82 Å². The summed E-state index contributed by atoms with van der Waals surface area (Å²) in [6.45, 7) is 8.11. The number of rotatable bonds is 2. The molecule has 0 fully saturated rings. The fourth-order valence-corrected chi connectivity index (χ4v) is 2.37. The van der Waals surface area contributed by atoms with Gasteiger partial charge >= 0.3 is 0 Å². The SMILES string of the molecule is CC1(F)CC=C(O[Si](C)(C)C)CC1. The first-order valence-corrected chi connectivity index (χ1v) is 8.26. The molecule has 13 heavy (non-hydrogen) atoms. The molecule has 1 rings (SSSR count). The summed E-state index contributed by atoms with van der Waals surface area (Å²) in [5.41, 5.74) is -1.01. The zero-order chi connectivity index (χ0) is 10.1. The first-order valence-electron chi connectivity index (χ1n) is 4.85. The number of hydrogen-bond donors (Lipinski definition) is 0. The van der Waals surface area contributed by atoms with Gasteiger partial charge in [-0.25, -0.2) is 4.39 Å². The molecule has 0 heterocycles. The van der Waals surface area contributed by atoms with Gasteiger partial charge in [0.1, 0.15) is 5.67 Å². The van der Waals surface area contributed by atoms with Crippen LogP contribution < -0.4 is 0 Å². The van der Waals surface area contributed by atoms with Gasteiger partial charge in [0.15, 0.2) is 0 Å². The first kappa shape index (κ1) is 10.8. The Morgan fingerprint density at radius 2 is 2.08 bits per heavy atom. The van der Waals surface area contributed by atoms with Crippen molar-refractivity contribution in [3.8, 4) is 0 Å². The van der Waals surface area contributed by atoms with Crippen LogP contribution in [0, 0.1) is 0 Å². The summed E-state index contributed by atoms with van der Waals surface area (Å²) >= 11 is 0. The van der Waals surface area contributed by atoms with Crippen LogP contribution in [0.2, 0.25) is 19.6 Å². The van der Waals surface area contributed by atoms with Gasteiger partial charge in [-0.3, -0.25) is 0 Å². The Kier molecular flexibility index (Phi) is 2.85. The highest BCUT2D eigenvalue weighted by molar-refractivity contribution is 6.70. The molecular formula is C10H19FOSi. The Morgan fingerprint density at radius 3 is 2.46 bits per heavy atom. The molecule has 0 saturated carbocycles. The number of allylic oxidation sites excluding steroid dienone is 2. The Labute approximate surface area is 81.1 Å². The van der Waals surface area contributed by atoms with E-state index in [1.807, 2.05) is 6.08 Å². The van der Waals surface area contributed by atoms with E-state index in [2.05, 4.69) is 19.6 Å². The van der Waals surface area contributed by atoms with Crippen LogP contribution in [0.15, 0.2) is 11.8 Å². The Hall–Kier alpha value is -0.313. The molecule has 0 spiro atoms. The van der Waals surface area contributed by atoms with E-state index < -0.39 is 14.0 Å². The van der Waals surface area contributed by atoms with Gasteiger partial charge in [-0.05, 0) is 39.1 Å². The lowest BCUT2D eigenvalue weighted by atomic mass is 9.92. The van der Waals surface area contributed by atoms with Crippen LogP contribution in [-0.2, 0) is 4.43 Å². The van der Waals surface area contributed by atoms with Crippen LogP contribution in [-0.4, -0.2) is 14.0 Å². The molecule has 0 saturated heterocycles. The van der Waals surface area contributed by atoms with Crippen molar-refractivity contribution >= 4 is 8.32 Å². The van der Waals surface area contributed by atoms with Crippen molar-refractivity contribution in [3.05, 3.63) is 11.8 Å². The van der Waals surface area contributed by atoms with Crippen LogP contribution in [0.4, 0.5) is 4.39 Å². The smallest absolute Gasteiger partial charge is 0.241 e. The molecule has 0 bridgehead atoms. The zero-order valence-electron chi connectivity index (χ0n) is 8.98. The summed E-state index contributed by atoms with van der Waals surface area (Å²) < 4.78 is 19.2. The topological polar surface area (TPSA) is 9.23 Å². The second kappa shape index (κ2) is 3.44. The molecule has 0 aromatic rings. The van der Waals surface area contributed by atoms with Crippen LogP contribution in [0.1, 0.15) is 26.2 Å². The predicted molar refractivity (Wildman–Crippen MR) is 55.9 cm³/mol. The largest absolute Gasteiger partial charge is 0.548 e. The molecule has 0 aliphatic heterocycles. The fraction of sp³-hybridized carbons (Fsp3) is 0.800. The molecule has 1 unspecified atom stereocenters. The van der Waals surface area contributed by atoms with Gasteiger partial charge in [0.05, 0.1) is 5.76 Å². The summed E-state index contributed by atoms with van der Waals surface area (Å²) in [6.07, 6.45) is 3.79. The van der Waals surface area contributed by atoms with Gasteiger partial charge in [0, 0.05) is 12.8 Å². The molecule has 0 amide bonds. The van der Waals surface area contributed by atoms with Gasteiger partial charge in [0.25, 0.3) is 0 Å². The maximum absolute atomic E-state index is 13.4. The highest BCUT2D eigenvalue weighted by Gasteiger charge is 2.28. The van der Waals surface area contributed by atoms with E-state index in [1.54, 1.807) is 6.92 Å². The highest BCUT2D eigenvalue weighted by Crippen LogP contribution is 2.31. The van der Waals surface area contributed by atoms with Crippen molar-refractivity contribution in [2.24, 2.45) is 0 Å². The van der Waals surface area contributed by atoms with E-state index in [-0.39, 0.29) is 0 Å². The summed E-state index contributed by atoms with van der Waals surface area (Å²) in [7, 11) is -1.48. The molecule has 0 radical (unpaired) electrons. The standard InChI is InChI=1S/C10H19FOSi/c1-10(11)7-5-9(6-8-10)12-13(2,3)4/h5H,6-8H2,1-4H3. The average molecular weight is 202 g/mol. The van der Waals surface area contributed by atoms with Gasteiger partial charge < -0.3 is 4.43 Å². The van der Waals surface area contributed by atoms with Gasteiger partial charge in [-0.1, -0.05) is 0 Å². The Morgan fingerprint density at radius 1 is 1.46 bits per heavy atom. The van der Waals surface area contributed by atoms with Gasteiger partial charge in [0.2, 0.25) is 8.32 Å². The predicted octanol–water partition coefficient (Wildman–Crippen LogP) is 3.63. The molecule has 0 aromatic heterocycles. The van der Waals surface area contributed by atoms with Crippen LogP contribution >= 0.6 is 0 Å². The van der Waals surface area contributed by atoms with Gasteiger partial charge in [-0.15, -0.1) is 0 Å². The Bertz CT molecular complexity index is 215. The van der Waals surface area contributed by atoms with E-state index in [4.69, 9.17) is 4.43 Å². The lowest BCUT2D eigenvalue weighted by Crippen LogP contribution is -2.28. The number of hydrogen-bond acceptors (Lipinski definition) is 1. The Balaban J connectivity index is 2.52. The van der Waals surface area contributed by atoms with Crippen molar-refractivity contribution in [3.63, 3.8) is 0 Å². The third kappa shape index (κ3) is 3.94. The van der Waals surface area contributed by atoms with E-state index in [9.17, 15) is 4.39 Å². The minimum Gasteiger partial charge on any atom is -0.548 e. The molecule has 1 aliphatic carbocycles. The third-order valence-electron chi connectivity index (χ3n) is 2.09. The second-order valence-corrected chi connectivity index (χ2v) is 9.43. The van der Waals surface area contributed by atoms with Crippen LogP contribution in [0.3, 0.4) is 0 Å². The number of alkyl halides is 1. The lowest BCUT2D eigenvalue weighted by Gasteiger charge is -2.29. The molecule has 0 N–H and O–H groups in total. The quantitative estimate of drug-likeness (QED) is 0.621. The summed E-state index contributed by atoms with van der Waals surface area (Å²) in [4.78, 5) is 0. The summed E-state index contributed by atoms with van der Waals surface area (Å²) in [6, 6.07) is 0. The molecule has 3 heteroatoms.